The summed E-state index contributed by atoms with van der Waals surface area (Å²) in [5.41, 5.74) is 1.20. The van der Waals surface area contributed by atoms with Gasteiger partial charge in [-0.25, -0.2) is 4.79 Å². The molecule has 2 bridgehead atoms. The molecule has 424 valence electrons. The molecule has 3 fully saturated rings. The Hall–Kier alpha value is -3.94. The van der Waals surface area contributed by atoms with Gasteiger partial charge in [-0.2, -0.15) is 0 Å². The summed E-state index contributed by atoms with van der Waals surface area (Å²) in [5.74, 6) is -8.34. The van der Waals surface area contributed by atoms with Crippen LogP contribution >= 0.6 is 0 Å². The maximum atomic E-state index is 14.6. The number of cyclic esters (lactones) is 1. The Morgan fingerprint density at radius 2 is 1.61 bits per heavy atom. The van der Waals surface area contributed by atoms with Crippen LogP contribution in [0.15, 0.2) is 47.6 Å². The summed E-state index contributed by atoms with van der Waals surface area (Å²) in [6.45, 7) is 13.0. The summed E-state index contributed by atoms with van der Waals surface area (Å²) in [5, 5.41) is 33.1. The van der Waals surface area contributed by atoms with E-state index < -0.39 is 77.8 Å². The van der Waals surface area contributed by atoms with Crippen LogP contribution in [0.3, 0.4) is 0 Å². The molecule has 1 unspecified atom stereocenters. The van der Waals surface area contributed by atoms with Crippen molar-refractivity contribution < 1.29 is 72.5 Å². The third-order valence-electron chi connectivity index (χ3n) is 15.9. The Balaban J connectivity index is 1.71. The first kappa shape index (κ1) is 63.6. The number of methoxy groups -OCH3 is 2. The lowest BCUT2D eigenvalue weighted by Crippen LogP contribution is -2.61. The van der Waals surface area contributed by atoms with Crippen molar-refractivity contribution >= 4 is 35.1 Å². The van der Waals surface area contributed by atoms with Crippen molar-refractivity contribution in [3.63, 3.8) is 0 Å². The molecule has 2 saturated heterocycles. The van der Waals surface area contributed by atoms with Gasteiger partial charge in [-0.1, -0.05) is 71.1 Å². The molecule has 4 rings (SSSR count). The molecule has 0 spiro atoms. The molecule has 3 N–H and O–H groups in total. The van der Waals surface area contributed by atoms with Crippen LogP contribution in [-0.2, 0) is 57.2 Å². The summed E-state index contributed by atoms with van der Waals surface area (Å²) >= 11 is 0. The van der Waals surface area contributed by atoms with E-state index in [2.05, 4.69) is 0 Å². The summed E-state index contributed by atoms with van der Waals surface area (Å²) in [4.78, 5) is 86.7. The number of esters is 1. The second-order valence-electron chi connectivity index (χ2n) is 22.2. The highest BCUT2D eigenvalue weighted by atomic mass is 16.6. The Morgan fingerprint density at radius 3 is 2.29 bits per heavy atom. The minimum absolute atomic E-state index is 0.0219. The minimum Gasteiger partial charge on any atom is -0.460 e. The van der Waals surface area contributed by atoms with Crippen molar-refractivity contribution in [2.45, 2.75) is 193 Å². The molecule has 4 aliphatic rings. The molecule has 0 aromatic heterocycles. The van der Waals surface area contributed by atoms with Gasteiger partial charge in [-0.05, 0) is 113 Å². The van der Waals surface area contributed by atoms with Crippen LogP contribution in [0, 0.1) is 35.5 Å². The highest BCUT2D eigenvalue weighted by Crippen LogP contribution is 2.38. The van der Waals surface area contributed by atoms with Gasteiger partial charge in [-0.15, -0.1) is 0 Å². The van der Waals surface area contributed by atoms with Crippen LogP contribution in [0.5, 0.6) is 0 Å². The number of nitrogens with zero attached hydrogens (tertiary/aromatic N) is 2. The first-order valence-electron chi connectivity index (χ1n) is 27.6. The Kier molecular flexibility index (Phi) is 26.2. The highest BCUT2D eigenvalue weighted by molar-refractivity contribution is 6.39. The molecule has 17 nitrogen and oxygen atoms in total. The number of carbonyl (C=O) groups excluding carboxylic acids is 6. The smallest absolute Gasteiger partial charge is 0.329 e. The van der Waals surface area contributed by atoms with Crippen LogP contribution in [0.2, 0.25) is 0 Å². The fraction of sp³-hybridized carbons (Fsp3) is 0.759. The van der Waals surface area contributed by atoms with Gasteiger partial charge in [0.05, 0.1) is 37.6 Å². The largest absolute Gasteiger partial charge is 0.460 e. The fourth-order valence-corrected chi connectivity index (χ4v) is 11.1. The highest BCUT2D eigenvalue weighted by Gasteiger charge is 2.53. The zero-order chi connectivity index (χ0) is 55.6. The predicted molar refractivity (Wildman–Crippen MR) is 283 cm³/mol. The number of fused-ring (bicyclic) bond motifs is 3. The maximum Gasteiger partial charge on any atom is 0.329 e. The molecule has 3 heterocycles. The number of aliphatic hydroxyl groups is 3. The Morgan fingerprint density at radius 1 is 0.880 bits per heavy atom. The number of hydrogen-bond acceptors (Lipinski definition) is 15. The first-order chi connectivity index (χ1) is 35.6. The van der Waals surface area contributed by atoms with Crippen molar-refractivity contribution in [3.8, 4) is 0 Å². The minimum atomic E-state index is -2.50. The SMILES string of the molecule is CO[C@@H]1C[C@H](C[C@@H](C)[C@@H]2CC(=O)[C@H](C)/C=C(\C)[C@@H](O)[C@@H](OC)C(=O)[C@H](C)C[C@H](C)/C=C/C=C/C=C(\C)C(OCCCC(=O)N(C)C)C[C@@H]3CC[C@@H](C)[C@@](O)(O3)C(=O)C(=O)N3CCCC[C@H]3C(=O)O2)CC[C@H]1OCCO. The number of carbonyl (C=O) groups is 6. The molecule has 17 heteroatoms. The molecule has 75 heavy (non-hydrogen) atoms. The lowest BCUT2D eigenvalue weighted by Gasteiger charge is -2.43. The lowest BCUT2D eigenvalue weighted by atomic mass is 9.78. The van der Waals surface area contributed by atoms with E-state index in [0.29, 0.717) is 63.4 Å². The molecular formula is C58H92N2O15. The zero-order valence-corrected chi connectivity index (χ0v) is 46.9. The van der Waals surface area contributed by atoms with Crippen LogP contribution in [0.4, 0.5) is 0 Å². The normalized spacial score (nSPS) is 36.5. The Bertz CT molecular complexity index is 2020. The molecule has 2 amide bonds. The summed E-state index contributed by atoms with van der Waals surface area (Å²) in [6.07, 6.45) is 12.0. The van der Waals surface area contributed by atoms with Crippen LogP contribution in [0.1, 0.15) is 138 Å². The molecule has 0 aromatic rings. The average molecular weight is 1060 g/mol. The molecule has 0 aromatic carbocycles. The van der Waals surface area contributed by atoms with E-state index in [0.717, 1.165) is 12.0 Å². The van der Waals surface area contributed by atoms with Gasteiger partial charge in [0.1, 0.15) is 30.1 Å². The van der Waals surface area contributed by atoms with Gasteiger partial charge in [0, 0.05) is 78.5 Å². The van der Waals surface area contributed by atoms with E-state index in [1.807, 2.05) is 51.2 Å². The summed E-state index contributed by atoms with van der Waals surface area (Å²) < 4.78 is 36.3. The van der Waals surface area contributed by atoms with Crippen molar-refractivity contribution in [2.75, 3.05) is 54.7 Å². The molecular weight excluding hydrogens is 965 g/mol. The number of allylic oxidation sites excluding steroid dienone is 6. The zero-order valence-electron chi connectivity index (χ0n) is 46.9. The third kappa shape index (κ3) is 18.3. The second kappa shape index (κ2) is 30.9. The van der Waals surface area contributed by atoms with E-state index in [4.69, 9.17) is 28.4 Å². The predicted octanol–water partition coefficient (Wildman–Crippen LogP) is 6.44. The molecule has 1 aliphatic carbocycles. The van der Waals surface area contributed by atoms with Crippen molar-refractivity contribution in [1.82, 2.24) is 9.80 Å². The van der Waals surface area contributed by atoms with Crippen molar-refractivity contribution in [2.24, 2.45) is 35.5 Å². The first-order valence-corrected chi connectivity index (χ1v) is 27.6. The lowest BCUT2D eigenvalue weighted by molar-refractivity contribution is -0.266. The number of Topliss-reactive ketones (excluding diaryl/α,β-unsaturated/α-hetero) is 3. The summed E-state index contributed by atoms with van der Waals surface area (Å²) in [6, 6.07) is -1.18. The topological polar surface area (TPSA) is 225 Å². The molecule has 3 aliphatic heterocycles. The number of amides is 2. The monoisotopic (exact) mass is 1060 g/mol. The van der Waals surface area contributed by atoms with E-state index >= 15 is 0 Å². The summed E-state index contributed by atoms with van der Waals surface area (Å²) in [7, 11) is 6.39. The molecule has 1 saturated carbocycles. The number of ether oxygens (including phenoxy) is 6. The molecule has 15 atom stereocenters. The van der Waals surface area contributed by atoms with Gasteiger partial charge in [0.15, 0.2) is 5.78 Å². The van der Waals surface area contributed by atoms with Crippen LogP contribution in [0.25, 0.3) is 0 Å². The van der Waals surface area contributed by atoms with Crippen molar-refractivity contribution in [3.05, 3.63) is 47.6 Å². The number of rotatable bonds is 13. The second-order valence-corrected chi connectivity index (χ2v) is 22.2. The van der Waals surface area contributed by atoms with Crippen LogP contribution < -0.4 is 0 Å². The third-order valence-corrected chi connectivity index (χ3v) is 15.9. The average Bonchev–Trinajstić information content (AvgIpc) is 3.38. The standard InChI is InChI=1S/C58H92N2O15/c1-36-18-13-12-14-19-37(2)48(72-28-17-21-51(63)59(8)9)34-44-24-22-42(7)58(69,75-44)55(66)56(67)60-26-16-15-20-45(60)57(68)74-49(39(4)32-43-23-25-47(73-29-27-61)50(33-43)70-10)35-46(62)38(3)31-41(6)53(65)54(71-11)52(64)40(5)30-36/h12-14,18-19,31,36,38-40,42-45,47-50,53-54,61,65,69H,15-17,20-30,32-35H2,1-11H3/b14-12+,18-13+,37-19+,41-31+/t36-,38-,39-,40-,42-,43+,44+,45+,47-,48?,49+,50-,53-,54+,58-/m1/s1. The number of piperidine rings is 1. The van der Waals surface area contributed by atoms with Gasteiger partial charge in [-0.3, -0.25) is 24.0 Å². The van der Waals surface area contributed by atoms with Gasteiger partial charge in [0.2, 0.25) is 11.7 Å². The van der Waals surface area contributed by atoms with Gasteiger partial charge < -0.3 is 53.5 Å². The van der Waals surface area contributed by atoms with E-state index in [1.54, 1.807) is 55.0 Å². The van der Waals surface area contributed by atoms with Gasteiger partial charge >= 0.3 is 5.97 Å². The van der Waals surface area contributed by atoms with E-state index in [-0.39, 0.29) is 99.5 Å². The number of ketones is 3. The number of aliphatic hydroxyl groups excluding tert-OH is 2. The molecule has 0 radical (unpaired) electrons. The van der Waals surface area contributed by atoms with Gasteiger partial charge in [0.25, 0.3) is 11.7 Å². The van der Waals surface area contributed by atoms with E-state index in [9.17, 15) is 44.1 Å². The Labute approximate surface area is 446 Å². The van der Waals surface area contributed by atoms with Crippen molar-refractivity contribution in [1.29, 1.82) is 0 Å². The quantitative estimate of drug-likeness (QED) is 0.0782. The maximum absolute atomic E-state index is 14.6. The van der Waals surface area contributed by atoms with E-state index in [1.165, 1.54) is 16.9 Å². The fourth-order valence-electron chi connectivity index (χ4n) is 11.1. The van der Waals surface area contributed by atoms with Crippen LogP contribution in [-0.4, -0.2) is 169 Å². The number of hydrogen-bond donors (Lipinski definition) is 3.